The Balaban J connectivity index is 3.24. The fourth-order valence-electron chi connectivity index (χ4n) is 1.58. The molecule has 1 N–H and O–H groups in total. The quantitative estimate of drug-likeness (QED) is 0.627. The first-order valence-corrected chi connectivity index (χ1v) is 5.34. The van der Waals surface area contributed by atoms with Gasteiger partial charge in [-0.3, -0.25) is 14.8 Å². The zero-order chi connectivity index (χ0) is 13.2. The number of carboxylic acid groups (broad SMARTS) is 1. The Morgan fingerprint density at radius 2 is 2.24 bits per heavy atom. The molecule has 17 heavy (non-hydrogen) atoms. The highest BCUT2D eigenvalue weighted by molar-refractivity contribution is 5.71. The van der Waals surface area contributed by atoms with Gasteiger partial charge in [-0.25, -0.2) is 4.79 Å². The standard InChI is InChI=1S/C10H15N3O4/c1-4-7(10(14)15)12-5-8(13(16)17)9(11-12)6(2)3/h5-7H,4H2,1-3H3,(H,14,15). The van der Waals surface area contributed by atoms with Crippen molar-refractivity contribution in [2.75, 3.05) is 0 Å². The first kappa shape index (κ1) is 13.1. The summed E-state index contributed by atoms with van der Waals surface area (Å²) in [4.78, 5) is 21.3. The van der Waals surface area contributed by atoms with Crippen LogP contribution in [0.5, 0.6) is 0 Å². The molecular weight excluding hydrogens is 226 g/mol. The third kappa shape index (κ3) is 2.61. The minimum Gasteiger partial charge on any atom is -0.480 e. The third-order valence-corrected chi connectivity index (χ3v) is 2.47. The van der Waals surface area contributed by atoms with Crippen LogP contribution in [0.2, 0.25) is 0 Å². The van der Waals surface area contributed by atoms with Crippen LogP contribution in [-0.2, 0) is 4.79 Å². The number of nitro groups is 1. The van der Waals surface area contributed by atoms with E-state index in [1.807, 2.05) is 0 Å². The fourth-order valence-corrected chi connectivity index (χ4v) is 1.58. The van der Waals surface area contributed by atoms with Crippen molar-refractivity contribution in [3.05, 3.63) is 22.0 Å². The third-order valence-electron chi connectivity index (χ3n) is 2.47. The summed E-state index contributed by atoms with van der Waals surface area (Å²) in [6.45, 7) is 5.25. The average Bonchev–Trinajstić information content (AvgIpc) is 2.63. The van der Waals surface area contributed by atoms with E-state index in [0.29, 0.717) is 12.1 Å². The van der Waals surface area contributed by atoms with E-state index in [1.54, 1.807) is 20.8 Å². The number of carboxylic acids is 1. The molecule has 0 fully saturated rings. The lowest BCUT2D eigenvalue weighted by Crippen LogP contribution is -2.18. The molecule has 0 saturated carbocycles. The van der Waals surface area contributed by atoms with Gasteiger partial charge in [-0.1, -0.05) is 20.8 Å². The Morgan fingerprint density at radius 3 is 2.53 bits per heavy atom. The van der Waals surface area contributed by atoms with E-state index in [-0.39, 0.29) is 11.6 Å². The normalized spacial score (nSPS) is 12.7. The maximum atomic E-state index is 11.0. The van der Waals surface area contributed by atoms with Crippen molar-refractivity contribution in [2.45, 2.75) is 39.2 Å². The maximum absolute atomic E-state index is 11.0. The lowest BCUT2D eigenvalue weighted by molar-refractivity contribution is -0.385. The molecule has 0 saturated heterocycles. The number of nitrogens with zero attached hydrogens (tertiary/aromatic N) is 3. The zero-order valence-electron chi connectivity index (χ0n) is 9.95. The summed E-state index contributed by atoms with van der Waals surface area (Å²) in [6.07, 6.45) is 1.52. The van der Waals surface area contributed by atoms with Crippen LogP contribution >= 0.6 is 0 Å². The van der Waals surface area contributed by atoms with Crippen LogP contribution in [0.25, 0.3) is 0 Å². The Bertz CT molecular complexity index is 439. The van der Waals surface area contributed by atoms with Gasteiger partial charge in [0.1, 0.15) is 17.9 Å². The Morgan fingerprint density at radius 1 is 1.65 bits per heavy atom. The van der Waals surface area contributed by atoms with E-state index in [1.165, 1.54) is 6.20 Å². The molecular formula is C10H15N3O4. The van der Waals surface area contributed by atoms with Gasteiger partial charge in [-0.2, -0.15) is 5.10 Å². The molecule has 1 unspecified atom stereocenters. The first-order chi connectivity index (χ1) is 7.88. The van der Waals surface area contributed by atoms with Crippen LogP contribution in [0.1, 0.15) is 44.8 Å². The Labute approximate surface area is 98.2 Å². The number of rotatable bonds is 5. The molecule has 1 aromatic heterocycles. The number of aromatic nitrogens is 2. The van der Waals surface area contributed by atoms with Gasteiger partial charge >= 0.3 is 11.7 Å². The van der Waals surface area contributed by atoms with Gasteiger partial charge < -0.3 is 5.11 Å². The van der Waals surface area contributed by atoms with Crippen molar-refractivity contribution in [3.63, 3.8) is 0 Å². The minimum absolute atomic E-state index is 0.122. The molecule has 7 nitrogen and oxygen atoms in total. The van der Waals surface area contributed by atoms with E-state index in [4.69, 9.17) is 5.11 Å². The summed E-state index contributed by atoms with van der Waals surface area (Å²) < 4.78 is 1.16. The second-order valence-corrected chi connectivity index (χ2v) is 4.05. The molecule has 0 spiro atoms. The second-order valence-electron chi connectivity index (χ2n) is 4.05. The number of hydrogen-bond acceptors (Lipinski definition) is 4. The van der Waals surface area contributed by atoms with Crippen molar-refractivity contribution in [3.8, 4) is 0 Å². The van der Waals surface area contributed by atoms with Crippen molar-refractivity contribution in [1.29, 1.82) is 0 Å². The molecule has 0 aliphatic rings. The summed E-state index contributed by atoms with van der Waals surface area (Å²) in [5.74, 6) is -1.16. The maximum Gasteiger partial charge on any atom is 0.328 e. The van der Waals surface area contributed by atoms with Crippen LogP contribution in [0.15, 0.2) is 6.20 Å². The molecule has 94 valence electrons. The molecule has 1 aromatic rings. The van der Waals surface area contributed by atoms with E-state index >= 15 is 0 Å². The molecule has 0 aliphatic carbocycles. The molecule has 0 amide bonds. The highest BCUT2D eigenvalue weighted by Gasteiger charge is 2.26. The van der Waals surface area contributed by atoms with Crippen LogP contribution in [0.3, 0.4) is 0 Å². The number of hydrogen-bond donors (Lipinski definition) is 1. The summed E-state index contributed by atoms with van der Waals surface area (Å²) >= 11 is 0. The monoisotopic (exact) mass is 241 g/mol. The van der Waals surface area contributed by atoms with Gasteiger partial charge in [-0.15, -0.1) is 0 Å². The molecule has 0 aromatic carbocycles. The lowest BCUT2D eigenvalue weighted by Gasteiger charge is -2.09. The highest BCUT2D eigenvalue weighted by atomic mass is 16.6. The topological polar surface area (TPSA) is 98.3 Å². The van der Waals surface area contributed by atoms with Crippen LogP contribution < -0.4 is 0 Å². The SMILES string of the molecule is CCC(C(=O)O)n1cc([N+](=O)[O-])c(C(C)C)n1. The Kier molecular flexibility index (Phi) is 3.82. The summed E-state index contributed by atoms with van der Waals surface area (Å²) in [6, 6.07) is -0.860. The summed E-state index contributed by atoms with van der Waals surface area (Å²) in [7, 11) is 0. The largest absolute Gasteiger partial charge is 0.480 e. The van der Waals surface area contributed by atoms with E-state index in [0.717, 1.165) is 4.68 Å². The zero-order valence-corrected chi connectivity index (χ0v) is 9.95. The van der Waals surface area contributed by atoms with Crippen molar-refractivity contribution < 1.29 is 14.8 Å². The first-order valence-electron chi connectivity index (χ1n) is 5.34. The second kappa shape index (κ2) is 4.94. The number of aliphatic carboxylic acids is 1. The smallest absolute Gasteiger partial charge is 0.328 e. The summed E-state index contributed by atoms with van der Waals surface area (Å²) in [5, 5.41) is 23.8. The minimum atomic E-state index is -1.04. The van der Waals surface area contributed by atoms with Gasteiger partial charge in [0.25, 0.3) is 0 Å². The van der Waals surface area contributed by atoms with E-state index in [2.05, 4.69) is 5.10 Å². The lowest BCUT2D eigenvalue weighted by atomic mass is 10.1. The predicted molar refractivity (Wildman–Crippen MR) is 59.9 cm³/mol. The molecule has 1 heterocycles. The van der Waals surface area contributed by atoms with Gasteiger partial charge in [-0.05, 0) is 6.42 Å². The van der Waals surface area contributed by atoms with Gasteiger partial charge in [0.2, 0.25) is 0 Å². The average molecular weight is 241 g/mol. The molecule has 0 aliphatic heterocycles. The molecule has 0 radical (unpaired) electrons. The van der Waals surface area contributed by atoms with Gasteiger partial charge in [0, 0.05) is 5.92 Å². The molecule has 1 rings (SSSR count). The number of carbonyl (C=O) groups is 1. The molecule has 0 bridgehead atoms. The van der Waals surface area contributed by atoms with Crippen LogP contribution in [-0.4, -0.2) is 25.8 Å². The predicted octanol–water partition coefficient (Wildman–Crippen LogP) is 1.95. The van der Waals surface area contributed by atoms with Crippen LogP contribution in [0, 0.1) is 10.1 Å². The van der Waals surface area contributed by atoms with Crippen molar-refractivity contribution in [2.24, 2.45) is 0 Å². The Hall–Kier alpha value is -1.92. The summed E-state index contributed by atoms with van der Waals surface area (Å²) in [5.41, 5.74) is 0.189. The highest BCUT2D eigenvalue weighted by Crippen LogP contribution is 2.26. The van der Waals surface area contributed by atoms with E-state index < -0.39 is 16.9 Å². The van der Waals surface area contributed by atoms with Crippen LogP contribution in [0.4, 0.5) is 5.69 Å². The molecule has 7 heteroatoms. The van der Waals surface area contributed by atoms with Crippen molar-refractivity contribution in [1.82, 2.24) is 9.78 Å². The van der Waals surface area contributed by atoms with Gasteiger partial charge in [0.05, 0.1) is 4.92 Å². The van der Waals surface area contributed by atoms with E-state index in [9.17, 15) is 14.9 Å². The fraction of sp³-hybridized carbons (Fsp3) is 0.600. The molecule has 1 atom stereocenters. The van der Waals surface area contributed by atoms with Gasteiger partial charge in [0.15, 0.2) is 0 Å². The van der Waals surface area contributed by atoms with Crippen molar-refractivity contribution >= 4 is 11.7 Å².